The standard InChI is InChI=1S/C54H76N6O12S2.C35H45N5O6S2/c1-31(57(13)49(67)71-51(3,4)5)37(61)28-34-23-25-69-41-29-53(9,10)43(59(41)47(34)65)38(62)27-33-19-15-17-21-39(33)73-74-40-22-18-16-20-35(40)55-46(64)44-54(11,12)30-42-60(44)48(66)36(24-26-70-42)56-45(63)32(2)58(14)50(68)72-52(6,7)8;1-34(2)18-27-39(32(43)21(36)13-15-45-27)29(34)24(41)17-20-9-5-7-11-25(20)47-48-26-12-8-6-10-23(26)38-31(42)30-35(3,4)19-28-40(30)33(44)22(37)14-16-46-28/h15-22,31-32,34,36,41-44H,23-30H2,1-14H3,(H,55,64)(H,56,63);5-12,21-22,27-30H,13-19,36-37H2,1-4H3,(H,38,42)/t31-,32-,34+,36-,41-,42-,43?,44?;21-,22-,27-,28-,29?,30?/m00/s1. The number of nitrogens with two attached hydrogens (primary N) is 2. The minimum Gasteiger partial charge on any atom is -0.444 e. The van der Waals surface area contributed by atoms with Gasteiger partial charge in [0.05, 0.1) is 61.4 Å². The smallest absolute Gasteiger partial charge is 0.410 e. The van der Waals surface area contributed by atoms with E-state index in [0.717, 1.165) is 25.8 Å². The van der Waals surface area contributed by atoms with Crippen molar-refractivity contribution >= 4 is 125 Å². The SMILES string of the molecule is CC1(C)C[C@@H]2OCC[C@H](N)C(=O)N2C1C(=O)Cc1ccccc1SSc1ccccc1NC(=O)C1N2C(=O)[C@@H](N)CCO[C@H]2CC1(C)C.C[C@@H](C(=O)C[C@H]1CCO[C@H]2CC(C)(C)C(C(=O)Cc3ccccc3SSc3ccccc3NC(=O)C3N4C(=O)[C@@H](NC(=O)[C@H](C)N(C)C(=O)OC(C)(C)C)CCO[C@H]4CC3(C)C)N2C1=O)N(C)C(=O)OC(C)(C)C. The number of fused-ring (bicyclic) bond motifs is 4. The zero-order chi connectivity index (χ0) is 89.2. The normalized spacial score (nSPS) is 26.4. The molecule has 7 N–H and O–H groups in total. The maximum Gasteiger partial charge on any atom is 0.410 e. The van der Waals surface area contributed by atoms with E-state index in [9.17, 15) is 57.5 Å². The first kappa shape index (κ1) is 94.6. The van der Waals surface area contributed by atoms with Crippen LogP contribution in [0, 0.1) is 27.6 Å². The summed E-state index contributed by atoms with van der Waals surface area (Å²) in [5, 5.41) is 8.99. The summed E-state index contributed by atoms with van der Waals surface area (Å²) in [6.45, 7) is 30.4. The molecule has 29 nitrogen and oxygen atoms in total. The number of anilines is 2. The predicted molar refractivity (Wildman–Crippen MR) is 465 cm³/mol. The van der Waals surface area contributed by atoms with Crippen LogP contribution >= 0.6 is 43.2 Å². The van der Waals surface area contributed by atoms with Crippen molar-refractivity contribution in [1.29, 1.82) is 0 Å². The second-order valence-corrected chi connectivity index (χ2v) is 42.2. The first-order valence-electron chi connectivity index (χ1n) is 41.9. The molecule has 0 aliphatic carbocycles. The Balaban J connectivity index is 0.000000260. The summed E-state index contributed by atoms with van der Waals surface area (Å²) in [7, 11) is 8.72. The number of para-hydroxylation sites is 2. The second kappa shape index (κ2) is 38.4. The largest absolute Gasteiger partial charge is 0.444 e. The van der Waals surface area contributed by atoms with Crippen LogP contribution in [0.15, 0.2) is 117 Å². The van der Waals surface area contributed by atoms with Gasteiger partial charge in [-0.2, -0.15) is 0 Å². The third-order valence-electron chi connectivity index (χ3n) is 24.0. The van der Waals surface area contributed by atoms with Crippen LogP contribution in [0.5, 0.6) is 0 Å². The highest BCUT2D eigenvalue weighted by atomic mass is 33.1. The van der Waals surface area contributed by atoms with E-state index < -0.39 is 148 Å². The van der Waals surface area contributed by atoms with Crippen LogP contribution in [0.2, 0.25) is 0 Å². The zero-order valence-corrected chi connectivity index (χ0v) is 76.5. The van der Waals surface area contributed by atoms with Crippen molar-refractivity contribution in [3.05, 3.63) is 108 Å². The van der Waals surface area contributed by atoms with Crippen LogP contribution < -0.4 is 27.4 Å². The quantitative estimate of drug-likeness (QED) is 0.0431. The Bertz CT molecular complexity index is 4330. The van der Waals surface area contributed by atoms with Crippen LogP contribution in [0.3, 0.4) is 0 Å². The first-order valence-corrected chi connectivity index (χ1v) is 46.2. The van der Waals surface area contributed by atoms with Gasteiger partial charge in [0, 0.05) is 71.9 Å². The lowest BCUT2D eigenvalue weighted by Gasteiger charge is -2.34. The van der Waals surface area contributed by atoms with E-state index in [-0.39, 0.29) is 79.9 Å². The van der Waals surface area contributed by atoms with Crippen molar-refractivity contribution in [1.82, 2.24) is 34.7 Å². The second-order valence-electron chi connectivity index (χ2n) is 37.8. The lowest BCUT2D eigenvalue weighted by molar-refractivity contribution is -0.150. The number of hydrogen-bond donors (Lipinski definition) is 5. The Morgan fingerprint density at radius 3 is 1.20 bits per heavy atom. The molecule has 8 aliphatic heterocycles. The number of nitrogens with zero attached hydrogens (tertiary/aromatic N) is 6. The number of ether oxygens (including phenoxy) is 6. The van der Waals surface area contributed by atoms with Gasteiger partial charge in [-0.1, -0.05) is 159 Å². The molecule has 8 fully saturated rings. The zero-order valence-electron chi connectivity index (χ0n) is 73.2. The molecule has 664 valence electrons. The molecule has 122 heavy (non-hydrogen) atoms. The molecule has 14 atom stereocenters. The summed E-state index contributed by atoms with van der Waals surface area (Å²) in [5.74, 6) is -3.81. The molecular formula is C89H121N11O18S4. The number of ketones is 3. The Hall–Kier alpha value is -8.12. The molecule has 4 unspecified atom stereocenters. The molecule has 0 saturated carbocycles. The number of likely N-dealkylation sites (N-methyl/N-ethyl adjacent to an activating group) is 2. The van der Waals surface area contributed by atoms with Gasteiger partial charge >= 0.3 is 12.2 Å². The molecule has 4 aromatic carbocycles. The Kier molecular flexibility index (Phi) is 29.7. The van der Waals surface area contributed by atoms with Gasteiger partial charge in [0.1, 0.15) is 60.3 Å². The molecule has 0 radical (unpaired) electrons. The van der Waals surface area contributed by atoms with Gasteiger partial charge in [-0.3, -0.25) is 52.8 Å². The lowest BCUT2D eigenvalue weighted by atomic mass is 9.80. The van der Waals surface area contributed by atoms with Gasteiger partial charge in [0.2, 0.25) is 41.4 Å². The molecule has 12 rings (SSSR count). The number of hydrogen-bond acceptors (Lipinski definition) is 24. The van der Waals surface area contributed by atoms with Gasteiger partial charge < -0.3 is 80.3 Å². The van der Waals surface area contributed by atoms with Crippen molar-refractivity contribution in [2.24, 2.45) is 39.0 Å². The molecular weight excluding hydrogens is 1640 g/mol. The summed E-state index contributed by atoms with van der Waals surface area (Å²) < 4.78 is 35.2. The summed E-state index contributed by atoms with van der Waals surface area (Å²) in [4.78, 5) is 177. The van der Waals surface area contributed by atoms with Crippen molar-refractivity contribution in [3.63, 3.8) is 0 Å². The lowest BCUT2D eigenvalue weighted by Crippen LogP contribution is -2.57. The Morgan fingerprint density at radius 1 is 0.459 bits per heavy atom. The van der Waals surface area contributed by atoms with Gasteiger partial charge in [-0.25, -0.2) is 9.59 Å². The van der Waals surface area contributed by atoms with Crippen LogP contribution in [0.1, 0.15) is 180 Å². The van der Waals surface area contributed by atoms with E-state index in [1.54, 1.807) is 77.3 Å². The van der Waals surface area contributed by atoms with Gasteiger partial charge in [-0.15, -0.1) is 0 Å². The number of nitrogens with one attached hydrogen (secondary N) is 3. The van der Waals surface area contributed by atoms with Gasteiger partial charge in [-0.05, 0) is 170 Å². The van der Waals surface area contributed by atoms with Crippen molar-refractivity contribution < 1.29 is 86.0 Å². The van der Waals surface area contributed by atoms with Crippen molar-refractivity contribution in [2.45, 2.75) is 291 Å². The maximum atomic E-state index is 14.7. The highest BCUT2D eigenvalue weighted by Gasteiger charge is 2.59. The number of carbonyl (C=O) groups excluding carboxylic acids is 12. The molecule has 8 heterocycles. The Labute approximate surface area is 731 Å². The Morgan fingerprint density at radius 2 is 0.787 bits per heavy atom. The van der Waals surface area contributed by atoms with E-state index in [1.165, 1.54) is 76.9 Å². The summed E-state index contributed by atoms with van der Waals surface area (Å²) in [6, 6.07) is 22.7. The molecule has 33 heteroatoms. The fourth-order valence-corrected chi connectivity index (χ4v) is 22.2. The molecule has 8 aliphatic rings. The molecule has 0 bridgehead atoms. The van der Waals surface area contributed by atoms with Gasteiger partial charge in [0.15, 0.2) is 17.3 Å². The predicted octanol–water partition coefficient (Wildman–Crippen LogP) is 11.8. The molecule has 0 spiro atoms. The van der Waals surface area contributed by atoms with Crippen LogP contribution in [-0.4, -0.2) is 231 Å². The average Bonchev–Trinajstić information content (AvgIpc) is 1.60. The van der Waals surface area contributed by atoms with Crippen LogP contribution in [0.25, 0.3) is 0 Å². The monoisotopic (exact) mass is 1760 g/mol. The molecule has 8 saturated heterocycles. The average molecular weight is 1760 g/mol. The fraction of sp³-hybridized carbons (Fsp3) is 0.596. The summed E-state index contributed by atoms with van der Waals surface area (Å²) in [5.41, 5.74) is 11.1. The number of carbonyl (C=O) groups is 12. The third kappa shape index (κ3) is 21.7. The van der Waals surface area contributed by atoms with E-state index >= 15 is 0 Å². The van der Waals surface area contributed by atoms with Crippen LogP contribution in [-0.2, 0) is 89.2 Å². The third-order valence-corrected chi connectivity index (χ3v) is 29.1. The highest BCUT2D eigenvalue weighted by Crippen LogP contribution is 2.51. The molecule has 0 aromatic heterocycles. The molecule has 4 aromatic rings. The van der Waals surface area contributed by atoms with E-state index in [4.69, 9.17) is 39.9 Å². The first-order chi connectivity index (χ1) is 57.2. The van der Waals surface area contributed by atoms with Crippen LogP contribution in [0.4, 0.5) is 21.0 Å². The fourth-order valence-electron chi connectivity index (χ4n) is 17.5. The minimum absolute atomic E-state index is 0.0126. The molecule has 9 amide bonds. The van der Waals surface area contributed by atoms with E-state index in [2.05, 4.69) is 16.0 Å². The summed E-state index contributed by atoms with van der Waals surface area (Å²) in [6.07, 6.45) is -0.339. The number of benzene rings is 4. The van der Waals surface area contributed by atoms with E-state index in [0.29, 0.717) is 74.4 Å². The van der Waals surface area contributed by atoms with E-state index in [1.807, 2.05) is 140 Å². The topological polar surface area (TPSA) is 368 Å². The maximum absolute atomic E-state index is 14.7. The minimum atomic E-state index is -1.01. The van der Waals surface area contributed by atoms with Gasteiger partial charge in [0.25, 0.3) is 0 Å². The highest BCUT2D eigenvalue weighted by molar-refractivity contribution is 8.77. The van der Waals surface area contributed by atoms with Crippen molar-refractivity contribution in [2.75, 3.05) is 51.2 Å². The number of amides is 9. The number of Topliss-reactive ketones (excluding diaryl/α,β-unsaturated/α-hetero) is 3. The summed E-state index contributed by atoms with van der Waals surface area (Å²) >= 11 is 0. The van der Waals surface area contributed by atoms with Crippen molar-refractivity contribution in [3.8, 4) is 0 Å². The number of rotatable bonds is 23.